The lowest BCUT2D eigenvalue weighted by Gasteiger charge is -2.08. The normalized spacial score (nSPS) is 11.1. The lowest BCUT2D eigenvalue weighted by atomic mass is 10.1. The Labute approximate surface area is 115 Å². The number of pyridine rings is 1. The third-order valence-corrected chi connectivity index (χ3v) is 3.45. The molecule has 0 saturated carbocycles. The van der Waals surface area contributed by atoms with Gasteiger partial charge >= 0.3 is 0 Å². The Kier molecular flexibility index (Phi) is 2.87. The van der Waals surface area contributed by atoms with E-state index in [4.69, 9.17) is 17.3 Å². The molecule has 3 rings (SSSR count). The fourth-order valence-electron chi connectivity index (χ4n) is 2.11. The molecule has 0 unspecified atom stereocenters. The van der Waals surface area contributed by atoms with Crippen molar-refractivity contribution < 1.29 is 0 Å². The van der Waals surface area contributed by atoms with Crippen LogP contribution in [0.1, 0.15) is 11.1 Å². The number of benzene rings is 1. The number of fused-ring (bicyclic) bond motifs is 1. The number of nitrogen functional groups attached to an aromatic ring is 1. The van der Waals surface area contributed by atoms with Crippen LogP contribution in [0.3, 0.4) is 0 Å². The Morgan fingerprint density at radius 1 is 1.32 bits per heavy atom. The number of halogens is 1. The molecule has 2 heterocycles. The van der Waals surface area contributed by atoms with Crippen molar-refractivity contribution >= 4 is 28.6 Å². The summed E-state index contributed by atoms with van der Waals surface area (Å²) < 4.78 is 1.95. The summed E-state index contributed by atoms with van der Waals surface area (Å²) in [4.78, 5) is 8.49. The van der Waals surface area contributed by atoms with Gasteiger partial charge in [0, 0.05) is 17.4 Å². The molecule has 2 aromatic heterocycles. The molecule has 0 saturated heterocycles. The van der Waals surface area contributed by atoms with E-state index < -0.39 is 0 Å². The summed E-state index contributed by atoms with van der Waals surface area (Å²) in [6, 6.07) is 7.56. The van der Waals surface area contributed by atoms with Crippen LogP contribution in [0.15, 0.2) is 36.7 Å². The van der Waals surface area contributed by atoms with Crippen LogP contribution in [0.5, 0.6) is 0 Å². The molecule has 0 aliphatic rings. The van der Waals surface area contributed by atoms with E-state index in [1.807, 2.05) is 35.0 Å². The highest BCUT2D eigenvalue weighted by Crippen LogP contribution is 2.23. The van der Waals surface area contributed by atoms with Gasteiger partial charge in [0.05, 0.1) is 17.6 Å². The number of nitrogens with two attached hydrogens (primary N) is 1. The van der Waals surface area contributed by atoms with E-state index in [2.05, 4.69) is 16.9 Å². The van der Waals surface area contributed by atoms with Crippen molar-refractivity contribution in [1.29, 1.82) is 0 Å². The Morgan fingerprint density at radius 2 is 2.16 bits per heavy atom. The minimum Gasteiger partial charge on any atom is -0.369 e. The van der Waals surface area contributed by atoms with Gasteiger partial charge in [-0.25, -0.2) is 4.98 Å². The predicted octanol–water partition coefficient (Wildman–Crippen LogP) is 3.02. The lowest BCUT2D eigenvalue weighted by molar-refractivity contribution is 0.826. The first-order valence-corrected chi connectivity index (χ1v) is 6.33. The van der Waals surface area contributed by atoms with Crippen LogP contribution in [0, 0.1) is 6.92 Å². The van der Waals surface area contributed by atoms with Gasteiger partial charge in [-0.15, -0.1) is 0 Å². The molecule has 1 aromatic carbocycles. The maximum atomic E-state index is 6.04. The summed E-state index contributed by atoms with van der Waals surface area (Å²) in [6.07, 6.45) is 3.64. The van der Waals surface area contributed by atoms with Crippen LogP contribution < -0.4 is 5.73 Å². The summed E-state index contributed by atoms with van der Waals surface area (Å²) in [5.74, 6) is 0.487. The first-order valence-electron chi connectivity index (χ1n) is 5.96. The van der Waals surface area contributed by atoms with Crippen molar-refractivity contribution in [2.45, 2.75) is 13.5 Å². The van der Waals surface area contributed by atoms with Crippen molar-refractivity contribution in [2.75, 3.05) is 5.73 Å². The van der Waals surface area contributed by atoms with E-state index in [1.54, 1.807) is 6.20 Å². The Balaban J connectivity index is 2.12. The molecule has 0 fully saturated rings. The largest absolute Gasteiger partial charge is 0.369 e. The fraction of sp³-hybridized carbons (Fsp3) is 0.143. The van der Waals surface area contributed by atoms with Crippen molar-refractivity contribution in [3.05, 3.63) is 52.8 Å². The SMILES string of the molecule is Cc1ccncc1Cn1c(N)nc2ccc(Cl)cc21. The molecule has 0 atom stereocenters. The first kappa shape index (κ1) is 12.0. The second-order valence-electron chi connectivity index (χ2n) is 4.49. The minimum absolute atomic E-state index is 0.487. The fourth-order valence-corrected chi connectivity index (χ4v) is 2.28. The van der Waals surface area contributed by atoms with Gasteiger partial charge in [0.25, 0.3) is 0 Å². The number of hydrogen-bond acceptors (Lipinski definition) is 3. The summed E-state index contributed by atoms with van der Waals surface area (Å²) in [6.45, 7) is 2.70. The summed E-state index contributed by atoms with van der Waals surface area (Å²) >= 11 is 6.04. The summed E-state index contributed by atoms with van der Waals surface area (Å²) in [5, 5.41) is 0.677. The average molecular weight is 273 g/mol. The van der Waals surface area contributed by atoms with Crippen LogP contribution in [0.25, 0.3) is 11.0 Å². The molecule has 3 aromatic rings. The third-order valence-electron chi connectivity index (χ3n) is 3.22. The number of rotatable bonds is 2. The van der Waals surface area contributed by atoms with Crippen molar-refractivity contribution in [3.8, 4) is 0 Å². The topological polar surface area (TPSA) is 56.7 Å². The molecule has 0 spiro atoms. The van der Waals surface area contributed by atoms with Gasteiger partial charge in [-0.2, -0.15) is 0 Å². The van der Waals surface area contributed by atoms with Gasteiger partial charge in [-0.05, 0) is 42.3 Å². The highest BCUT2D eigenvalue weighted by atomic mass is 35.5. The molecular formula is C14H13ClN4. The van der Waals surface area contributed by atoms with E-state index in [-0.39, 0.29) is 0 Å². The van der Waals surface area contributed by atoms with Crippen molar-refractivity contribution in [1.82, 2.24) is 14.5 Å². The summed E-state index contributed by atoms with van der Waals surface area (Å²) in [5.41, 5.74) is 10.1. The molecule has 0 amide bonds. The molecule has 4 nitrogen and oxygen atoms in total. The zero-order valence-corrected chi connectivity index (χ0v) is 11.2. The molecule has 0 aliphatic heterocycles. The van der Waals surface area contributed by atoms with Crippen LogP contribution in [0.4, 0.5) is 5.95 Å². The minimum atomic E-state index is 0.487. The van der Waals surface area contributed by atoms with E-state index in [9.17, 15) is 0 Å². The van der Waals surface area contributed by atoms with Gasteiger partial charge in [-0.3, -0.25) is 4.98 Å². The summed E-state index contributed by atoms with van der Waals surface area (Å²) in [7, 11) is 0. The van der Waals surface area contributed by atoms with Gasteiger partial charge in [0.2, 0.25) is 5.95 Å². The second-order valence-corrected chi connectivity index (χ2v) is 4.93. The number of imidazole rings is 1. The second kappa shape index (κ2) is 4.55. The molecule has 96 valence electrons. The van der Waals surface area contributed by atoms with Gasteiger partial charge in [0.1, 0.15) is 0 Å². The zero-order valence-electron chi connectivity index (χ0n) is 10.5. The van der Waals surface area contributed by atoms with Crippen LogP contribution in [0.2, 0.25) is 5.02 Å². The van der Waals surface area contributed by atoms with Gasteiger partial charge in [0.15, 0.2) is 0 Å². The Bertz CT molecular complexity index is 748. The monoisotopic (exact) mass is 272 g/mol. The van der Waals surface area contributed by atoms with Gasteiger partial charge in [-0.1, -0.05) is 11.6 Å². The maximum Gasteiger partial charge on any atom is 0.201 e. The number of anilines is 1. The van der Waals surface area contributed by atoms with Crippen LogP contribution in [-0.4, -0.2) is 14.5 Å². The highest BCUT2D eigenvalue weighted by Gasteiger charge is 2.10. The molecule has 5 heteroatoms. The quantitative estimate of drug-likeness (QED) is 0.780. The van der Waals surface area contributed by atoms with E-state index in [1.165, 1.54) is 5.56 Å². The molecule has 19 heavy (non-hydrogen) atoms. The average Bonchev–Trinajstić information content (AvgIpc) is 2.69. The lowest BCUT2D eigenvalue weighted by Crippen LogP contribution is -2.06. The van der Waals surface area contributed by atoms with Crippen LogP contribution >= 0.6 is 11.6 Å². The van der Waals surface area contributed by atoms with Crippen molar-refractivity contribution in [3.63, 3.8) is 0 Å². The van der Waals surface area contributed by atoms with Gasteiger partial charge < -0.3 is 10.3 Å². The van der Waals surface area contributed by atoms with E-state index in [0.717, 1.165) is 16.6 Å². The Morgan fingerprint density at radius 3 is 2.95 bits per heavy atom. The van der Waals surface area contributed by atoms with E-state index in [0.29, 0.717) is 17.5 Å². The zero-order chi connectivity index (χ0) is 13.4. The number of aryl methyl sites for hydroxylation is 1. The highest BCUT2D eigenvalue weighted by molar-refractivity contribution is 6.31. The first-order chi connectivity index (χ1) is 9.15. The maximum absolute atomic E-state index is 6.04. The van der Waals surface area contributed by atoms with Crippen LogP contribution in [-0.2, 0) is 6.54 Å². The third kappa shape index (κ3) is 2.15. The van der Waals surface area contributed by atoms with Crippen molar-refractivity contribution in [2.24, 2.45) is 0 Å². The standard InChI is InChI=1S/C14H13ClN4/c1-9-4-5-17-7-10(9)8-19-13-6-11(15)2-3-12(13)18-14(19)16/h2-7H,8H2,1H3,(H2,16,18). The molecule has 2 N–H and O–H groups in total. The number of nitrogens with zero attached hydrogens (tertiary/aromatic N) is 3. The predicted molar refractivity (Wildman–Crippen MR) is 77.2 cm³/mol. The van der Waals surface area contributed by atoms with E-state index >= 15 is 0 Å². The Hall–Kier alpha value is -2.07. The smallest absolute Gasteiger partial charge is 0.201 e. The molecule has 0 aliphatic carbocycles. The molecule has 0 radical (unpaired) electrons. The molecular weight excluding hydrogens is 260 g/mol. The number of hydrogen-bond donors (Lipinski definition) is 1. The number of aromatic nitrogens is 3. The molecule has 0 bridgehead atoms.